The summed E-state index contributed by atoms with van der Waals surface area (Å²) in [5.74, 6) is 0. The van der Waals surface area contributed by atoms with Crippen LogP contribution in [0.5, 0.6) is 0 Å². The zero-order valence-electron chi connectivity index (χ0n) is 5.96. The second-order valence-corrected chi connectivity index (χ2v) is 2.10. The molecule has 0 spiro atoms. The van der Waals surface area contributed by atoms with Crippen molar-refractivity contribution in [3.63, 3.8) is 0 Å². The van der Waals surface area contributed by atoms with Crippen molar-refractivity contribution in [2.75, 3.05) is 0 Å². The van der Waals surface area contributed by atoms with Gasteiger partial charge in [0.1, 0.15) is 0 Å². The van der Waals surface area contributed by atoms with Gasteiger partial charge in [-0.2, -0.15) is 0 Å². The summed E-state index contributed by atoms with van der Waals surface area (Å²) < 4.78 is 0. The molecule has 0 saturated heterocycles. The molecule has 0 atom stereocenters. The van der Waals surface area contributed by atoms with Crippen LogP contribution in [0.3, 0.4) is 0 Å². The van der Waals surface area contributed by atoms with E-state index >= 15 is 0 Å². The summed E-state index contributed by atoms with van der Waals surface area (Å²) in [5.41, 5.74) is 0. The first-order valence-corrected chi connectivity index (χ1v) is 3.54. The van der Waals surface area contributed by atoms with E-state index in [-0.39, 0.29) is 0 Å². The molecular weight excluding hydrogens is 120 g/mol. The number of allylic oxidation sites excluding steroid dienone is 8. The predicted octanol–water partition coefficient (Wildman–Crippen LogP) is 2.81. The largest absolute Gasteiger partial charge is 0.0844 e. The van der Waals surface area contributed by atoms with Crippen LogP contribution < -0.4 is 0 Å². The molecule has 0 heterocycles. The van der Waals surface area contributed by atoms with Crippen LogP contribution in [-0.4, -0.2) is 0 Å². The average molecular weight is 131 g/mol. The minimum atomic E-state index is 0.998. The molecule has 51 valence electrons. The molecule has 10 heavy (non-hydrogen) atoms. The van der Waals surface area contributed by atoms with Crippen molar-refractivity contribution >= 4 is 0 Å². The lowest BCUT2D eigenvalue weighted by Crippen LogP contribution is -1.63. The first kappa shape index (κ1) is 7.07. The van der Waals surface area contributed by atoms with Crippen molar-refractivity contribution in [3.8, 4) is 0 Å². The smallest absolute Gasteiger partial charge is 0.0160 e. The first-order chi connectivity index (χ1) is 5.00. The highest BCUT2D eigenvalue weighted by Gasteiger charge is 1.73. The third-order valence-corrected chi connectivity index (χ3v) is 1.25. The molecule has 0 N–H and O–H groups in total. The maximum absolute atomic E-state index is 3.05. The van der Waals surface area contributed by atoms with Crippen LogP contribution >= 0.6 is 0 Å². The van der Waals surface area contributed by atoms with E-state index in [1.54, 1.807) is 0 Å². The Hall–Kier alpha value is -1.04. The molecule has 1 radical (unpaired) electrons. The van der Waals surface area contributed by atoms with E-state index in [2.05, 4.69) is 24.3 Å². The second-order valence-electron chi connectivity index (χ2n) is 2.10. The zero-order valence-corrected chi connectivity index (χ0v) is 5.96. The number of rotatable bonds is 0. The van der Waals surface area contributed by atoms with E-state index in [1.165, 1.54) is 0 Å². The van der Waals surface area contributed by atoms with Crippen molar-refractivity contribution in [1.82, 2.24) is 0 Å². The van der Waals surface area contributed by atoms with Gasteiger partial charge in [-0.15, -0.1) is 0 Å². The summed E-state index contributed by atoms with van der Waals surface area (Å²) in [6, 6.07) is 0. The van der Waals surface area contributed by atoms with Crippen molar-refractivity contribution in [2.24, 2.45) is 0 Å². The lowest BCUT2D eigenvalue weighted by Gasteiger charge is -1.83. The van der Waals surface area contributed by atoms with Gasteiger partial charge in [0.05, 0.1) is 0 Å². The fraction of sp³-hybridized carbons (Fsp3) is 0.200. The van der Waals surface area contributed by atoms with Crippen LogP contribution in [-0.2, 0) is 0 Å². The summed E-state index contributed by atoms with van der Waals surface area (Å²) >= 11 is 0. The Morgan fingerprint density at radius 3 is 2.80 bits per heavy atom. The van der Waals surface area contributed by atoms with Crippen LogP contribution in [0.15, 0.2) is 42.5 Å². The molecule has 0 nitrogen and oxygen atoms in total. The molecule has 1 rings (SSSR count). The van der Waals surface area contributed by atoms with Gasteiger partial charge in [-0.3, -0.25) is 0 Å². The van der Waals surface area contributed by atoms with Gasteiger partial charge in [0.2, 0.25) is 0 Å². The van der Waals surface area contributed by atoms with Gasteiger partial charge in [0.15, 0.2) is 0 Å². The van der Waals surface area contributed by atoms with Gasteiger partial charge >= 0.3 is 0 Å². The lowest BCUT2D eigenvalue weighted by molar-refractivity contribution is 1.30. The SMILES string of the molecule is [C]1=C\C/C=C/C/C=C/C=C/1. The highest BCUT2D eigenvalue weighted by atomic mass is 13.8. The molecule has 0 fully saturated rings. The van der Waals surface area contributed by atoms with Crippen molar-refractivity contribution in [2.45, 2.75) is 12.8 Å². The molecular formula is C10H11. The van der Waals surface area contributed by atoms with Crippen LogP contribution in [0.4, 0.5) is 0 Å². The Morgan fingerprint density at radius 2 is 1.80 bits per heavy atom. The summed E-state index contributed by atoms with van der Waals surface area (Å²) in [4.78, 5) is 0. The van der Waals surface area contributed by atoms with Gasteiger partial charge in [0.25, 0.3) is 0 Å². The third-order valence-electron chi connectivity index (χ3n) is 1.25. The Kier molecular flexibility index (Phi) is 3.40. The number of hydrogen-bond donors (Lipinski definition) is 0. The molecule has 1 aliphatic carbocycles. The normalized spacial score (nSPS) is 30.4. The maximum Gasteiger partial charge on any atom is -0.0160 e. The number of hydrogen-bond acceptors (Lipinski definition) is 0. The summed E-state index contributed by atoms with van der Waals surface area (Å²) in [6.45, 7) is 0. The van der Waals surface area contributed by atoms with Crippen molar-refractivity contribution in [1.29, 1.82) is 0 Å². The topological polar surface area (TPSA) is 0 Å². The summed E-state index contributed by atoms with van der Waals surface area (Å²) in [5, 5.41) is 0. The van der Waals surface area contributed by atoms with Gasteiger partial charge in [-0.1, -0.05) is 42.5 Å². The van der Waals surface area contributed by atoms with Crippen molar-refractivity contribution in [3.05, 3.63) is 48.6 Å². The molecule has 0 aromatic heterocycles. The Bertz CT molecular complexity index is 160. The minimum Gasteiger partial charge on any atom is -0.0844 e. The van der Waals surface area contributed by atoms with E-state index < -0.39 is 0 Å². The van der Waals surface area contributed by atoms with E-state index in [4.69, 9.17) is 0 Å². The van der Waals surface area contributed by atoms with Crippen LogP contribution in [0.2, 0.25) is 0 Å². The Morgan fingerprint density at radius 1 is 0.900 bits per heavy atom. The first-order valence-electron chi connectivity index (χ1n) is 3.54. The van der Waals surface area contributed by atoms with Gasteiger partial charge in [-0.25, -0.2) is 0 Å². The van der Waals surface area contributed by atoms with Gasteiger partial charge in [0, 0.05) is 0 Å². The van der Waals surface area contributed by atoms with Crippen LogP contribution in [0, 0.1) is 6.08 Å². The van der Waals surface area contributed by atoms with E-state index in [0.29, 0.717) is 0 Å². The monoisotopic (exact) mass is 131 g/mol. The second kappa shape index (κ2) is 4.80. The third kappa shape index (κ3) is 3.08. The average Bonchev–Trinajstić information content (AvgIpc) is 2.01. The van der Waals surface area contributed by atoms with E-state index in [0.717, 1.165) is 12.8 Å². The predicted molar refractivity (Wildman–Crippen MR) is 44.5 cm³/mol. The molecule has 0 amide bonds. The van der Waals surface area contributed by atoms with E-state index in [9.17, 15) is 0 Å². The zero-order chi connectivity index (χ0) is 7.07. The lowest BCUT2D eigenvalue weighted by atomic mass is 10.2. The molecule has 0 bridgehead atoms. The summed E-state index contributed by atoms with van der Waals surface area (Å²) in [6.07, 6.45) is 19.5. The van der Waals surface area contributed by atoms with Gasteiger partial charge in [-0.05, 0) is 18.9 Å². The maximum atomic E-state index is 3.05. The molecule has 0 saturated carbocycles. The summed E-state index contributed by atoms with van der Waals surface area (Å²) in [7, 11) is 0. The molecule has 0 unspecified atom stereocenters. The van der Waals surface area contributed by atoms with Crippen molar-refractivity contribution < 1.29 is 0 Å². The molecule has 0 aromatic rings. The molecule has 0 heteroatoms. The Labute approximate surface area is 62.3 Å². The Balaban J connectivity index is 2.51. The minimum absolute atomic E-state index is 0.998. The quantitative estimate of drug-likeness (QED) is 0.443. The molecule has 1 aliphatic rings. The fourth-order valence-corrected chi connectivity index (χ4v) is 0.743. The fourth-order valence-electron chi connectivity index (χ4n) is 0.743. The molecule has 0 aliphatic heterocycles. The highest BCUT2D eigenvalue weighted by Crippen LogP contribution is 1.93. The standard InChI is InChI=1S/C10H11/c1-2-4-6-8-10-9-7-5-3-1/h1-4,7-9H,5,10H2/b3-1+,4-2+,8-6?,9-7+. The van der Waals surface area contributed by atoms with Crippen LogP contribution in [0.25, 0.3) is 0 Å². The molecule has 0 aromatic carbocycles. The highest BCUT2D eigenvalue weighted by molar-refractivity contribution is 5.10. The van der Waals surface area contributed by atoms with Crippen LogP contribution in [0.1, 0.15) is 12.8 Å². The van der Waals surface area contributed by atoms with Gasteiger partial charge < -0.3 is 0 Å². The van der Waals surface area contributed by atoms with E-state index in [1.807, 2.05) is 24.3 Å².